The second kappa shape index (κ2) is 12.5. The lowest BCUT2D eigenvalue weighted by Gasteiger charge is -2.23. The van der Waals surface area contributed by atoms with Crippen LogP contribution in [0.2, 0.25) is 0 Å². The van der Waals surface area contributed by atoms with Gasteiger partial charge in [-0.2, -0.15) is 0 Å². The van der Waals surface area contributed by atoms with E-state index < -0.39 is 0 Å². The van der Waals surface area contributed by atoms with Gasteiger partial charge in [0.05, 0.1) is 19.6 Å². The Morgan fingerprint density at radius 2 is 1.64 bits per heavy atom. The van der Waals surface area contributed by atoms with Crippen molar-refractivity contribution in [3.63, 3.8) is 0 Å². The molecule has 6 nitrogen and oxygen atoms in total. The maximum absolute atomic E-state index is 12.3. The van der Waals surface area contributed by atoms with E-state index in [0.717, 1.165) is 24.3 Å². The molecule has 0 spiro atoms. The molecule has 2 aromatic carbocycles. The molecule has 6 heteroatoms. The van der Waals surface area contributed by atoms with Gasteiger partial charge in [0.1, 0.15) is 5.75 Å². The van der Waals surface area contributed by atoms with Gasteiger partial charge in [-0.25, -0.2) is 0 Å². The summed E-state index contributed by atoms with van der Waals surface area (Å²) in [6, 6.07) is 10.7. The quantitative estimate of drug-likeness (QED) is 0.349. The fraction of sp³-hybridized carbons (Fsp3) is 0.333. The molecule has 0 aromatic heterocycles. The van der Waals surface area contributed by atoms with Crippen molar-refractivity contribution in [2.45, 2.75) is 40.2 Å². The fourth-order valence-electron chi connectivity index (χ4n) is 3.27. The van der Waals surface area contributed by atoms with Crippen LogP contribution < -0.4 is 14.4 Å². The van der Waals surface area contributed by atoms with Crippen LogP contribution in [0, 0.1) is 0 Å². The zero-order valence-electron chi connectivity index (χ0n) is 20.0. The van der Waals surface area contributed by atoms with Crippen molar-refractivity contribution >= 4 is 29.4 Å². The normalized spacial score (nSPS) is 11.3. The number of hydrogen-bond acceptors (Lipinski definition) is 6. The highest BCUT2D eigenvalue weighted by Crippen LogP contribution is 2.28. The number of phenolic OH excluding ortho intramolecular Hbond substituents is 1. The van der Waals surface area contributed by atoms with Gasteiger partial charge in [0.2, 0.25) is 0 Å². The number of hydrogen-bond donors (Lipinski definition) is 1. The Balaban J connectivity index is 2.07. The number of aromatic hydroxyl groups is 1. The summed E-state index contributed by atoms with van der Waals surface area (Å²) in [6.07, 6.45) is 5.73. The second-order valence-corrected chi connectivity index (χ2v) is 7.77. The molecule has 0 saturated heterocycles. The molecule has 0 fully saturated rings. The number of methoxy groups -OCH3 is 1. The molecule has 0 saturated carbocycles. The highest BCUT2D eigenvalue weighted by molar-refractivity contribution is 6.11. The first-order valence-electron chi connectivity index (χ1n) is 11.1. The number of carbonyl (C=O) groups is 2. The summed E-state index contributed by atoms with van der Waals surface area (Å²) in [7, 11) is 1.46. The third-order valence-corrected chi connectivity index (χ3v) is 4.95. The minimum Gasteiger partial charge on any atom is -0.504 e. The van der Waals surface area contributed by atoms with Gasteiger partial charge in [-0.3, -0.25) is 9.59 Å². The summed E-state index contributed by atoms with van der Waals surface area (Å²) in [5.74, 6) is 0.410. The Morgan fingerprint density at radius 1 is 0.970 bits per heavy atom. The molecule has 0 radical (unpaired) electrons. The van der Waals surface area contributed by atoms with Crippen molar-refractivity contribution in [2.75, 3.05) is 25.1 Å². The first-order chi connectivity index (χ1) is 15.8. The molecular weight excluding hydrogens is 418 g/mol. The molecule has 0 unspecified atom stereocenters. The minimum atomic E-state index is -0.324. The van der Waals surface area contributed by atoms with Gasteiger partial charge < -0.3 is 19.5 Å². The van der Waals surface area contributed by atoms with Crippen LogP contribution in [0.4, 0.5) is 5.69 Å². The van der Waals surface area contributed by atoms with Crippen LogP contribution in [0.25, 0.3) is 12.2 Å². The van der Waals surface area contributed by atoms with E-state index in [4.69, 9.17) is 9.47 Å². The number of ketones is 2. The molecule has 0 aliphatic carbocycles. The molecule has 2 rings (SSSR count). The van der Waals surface area contributed by atoms with Gasteiger partial charge in [-0.1, -0.05) is 12.1 Å². The highest BCUT2D eigenvalue weighted by atomic mass is 16.5. The molecular formula is C27H33NO5. The van der Waals surface area contributed by atoms with E-state index in [1.165, 1.54) is 25.3 Å². The maximum atomic E-state index is 12.3. The van der Waals surface area contributed by atoms with Crippen molar-refractivity contribution in [1.82, 2.24) is 0 Å². The SMILES string of the molecule is CCN(CC)c1ccc(C=CC(=O)CC(=O)C=Cc2ccc(OC)c(O)c2)c(OC(C)C)c1. The zero-order chi connectivity index (χ0) is 24.4. The van der Waals surface area contributed by atoms with Gasteiger partial charge in [0, 0.05) is 30.4 Å². The highest BCUT2D eigenvalue weighted by Gasteiger charge is 2.10. The Morgan fingerprint density at radius 3 is 2.21 bits per heavy atom. The summed E-state index contributed by atoms with van der Waals surface area (Å²) >= 11 is 0. The van der Waals surface area contributed by atoms with Crippen LogP contribution in [-0.2, 0) is 9.59 Å². The number of benzene rings is 2. The number of carbonyl (C=O) groups excluding carboxylic acids is 2. The lowest BCUT2D eigenvalue weighted by molar-refractivity contribution is -0.121. The lowest BCUT2D eigenvalue weighted by atomic mass is 10.1. The molecule has 0 bridgehead atoms. The van der Waals surface area contributed by atoms with Crippen LogP contribution in [0.1, 0.15) is 45.2 Å². The standard InChI is InChI=1S/C27H33NO5/c1-6-28(7-2)22-12-10-21(27(17-22)33-19(3)4)11-14-24(30)18-23(29)13-8-20-9-15-26(32-5)25(31)16-20/h8-17,19,31H,6-7,18H2,1-5H3. The number of nitrogens with zero attached hydrogens (tertiary/aromatic N) is 1. The fourth-order valence-corrected chi connectivity index (χ4v) is 3.27. The Labute approximate surface area is 196 Å². The number of ether oxygens (including phenoxy) is 2. The van der Waals surface area contributed by atoms with Gasteiger partial charge in [-0.05, 0) is 75.8 Å². The topological polar surface area (TPSA) is 76.1 Å². The van der Waals surface area contributed by atoms with Crippen LogP contribution in [0.15, 0.2) is 48.6 Å². The molecule has 33 heavy (non-hydrogen) atoms. The Bertz CT molecular complexity index is 1020. The molecule has 0 heterocycles. The van der Waals surface area contributed by atoms with Gasteiger partial charge in [0.25, 0.3) is 0 Å². The smallest absolute Gasteiger partial charge is 0.163 e. The van der Waals surface area contributed by atoms with Crippen molar-refractivity contribution in [1.29, 1.82) is 0 Å². The van der Waals surface area contributed by atoms with Crippen LogP contribution in [0.3, 0.4) is 0 Å². The molecule has 2 aromatic rings. The molecule has 0 aliphatic rings. The monoisotopic (exact) mass is 451 g/mol. The van der Waals surface area contributed by atoms with Crippen LogP contribution in [-0.4, -0.2) is 43.0 Å². The maximum Gasteiger partial charge on any atom is 0.163 e. The van der Waals surface area contributed by atoms with E-state index in [2.05, 4.69) is 18.7 Å². The van der Waals surface area contributed by atoms with Crippen molar-refractivity contribution in [3.05, 3.63) is 59.7 Å². The first-order valence-corrected chi connectivity index (χ1v) is 11.1. The predicted octanol–water partition coefficient (Wildman–Crippen LogP) is 5.29. The summed E-state index contributed by atoms with van der Waals surface area (Å²) in [5.41, 5.74) is 2.47. The van der Waals surface area contributed by atoms with E-state index in [9.17, 15) is 14.7 Å². The lowest BCUT2D eigenvalue weighted by Crippen LogP contribution is -2.21. The molecule has 0 amide bonds. The van der Waals surface area contributed by atoms with Crippen molar-refractivity contribution in [2.24, 2.45) is 0 Å². The summed E-state index contributed by atoms with van der Waals surface area (Å²) < 4.78 is 11.0. The van der Waals surface area contributed by atoms with Crippen molar-refractivity contribution in [3.8, 4) is 17.2 Å². The minimum absolute atomic E-state index is 0.0103. The van der Waals surface area contributed by atoms with E-state index >= 15 is 0 Å². The predicted molar refractivity (Wildman–Crippen MR) is 133 cm³/mol. The number of rotatable bonds is 12. The van der Waals surface area contributed by atoms with E-state index in [1.54, 1.807) is 24.3 Å². The molecule has 1 N–H and O–H groups in total. The second-order valence-electron chi connectivity index (χ2n) is 7.77. The Kier molecular flexibility index (Phi) is 9.73. The van der Waals surface area contributed by atoms with E-state index in [1.807, 2.05) is 32.0 Å². The third-order valence-electron chi connectivity index (χ3n) is 4.95. The van der Waals surface area contributed by atoms with E-state index in [-0.39, 0.29) is 29.8 Å². The van der Waals surface area contributed by atoms with Crippen molar-refractivity contribution < 1.29 is 24.2 Å². The summed E-state index contributed by atoms with van der Waals surface area (Å²) in [6.45, 7) is 9.88. The zero-order valence-corrected chi connectivity index (χ0v) is 20.0. The van der Waals surface area contributed by atoms with Gasteiger partial charge >= 0.3 is 0 Å². The van der Waals surface area contributed by atoms with Crippen LogP contribution in [0.5, 0.6) is 17.2 Å². The Hall–Kier alpha value is -3.54. The summed E-state index contributed by atoms with van der Waals surface area (Å²) in [4.78, 5) is 26.7. The third kappa shape index (κ3) is 7.83. The van der Waals surface area contributed by atoms with Gasteiger partial charge in [-0.15, -0.1) is 0 Å². The largest absolute Gasteiger partial charge is 0.504 e. The first kappa shape index (κ1) is 25.7. The molecule has 0 aliphatic heterocycles. The molecule has 0 atom stereocenters. The van der Waals surface area contributed by atoms with Gasteiger partial charge in [0.15, 0.2) is 23.1 Å². The van der Waals surface area contributed by atoms with E-state index in [0.29, 0.717) is 17.1 Å². The average molecular weight is 452 g/mol. The summed E-state index contributed by atoms with van der Waals surface area (Å²) in [5, 5.41) is 9.81. The number of anilines is 1. The average Bonchev–Trinajstić information content (AvgIpc) is 2.77. The van der Waals surface area contributed by atoms with Crippen LogP contribution >= 0.6 is 0 Å². The number of phenols is 1. The molecule has 176 valence electrons. The number of allylic oxidation sites excluding steroid dienone is 2.